The van der Waals surface area contributed by atoms with Crippen molar-refractivity contribution in [1.29, 1.82) is 0 Å². The molecule has 2 N–H and O–H groups in total. The molecule has 1 heterocycles. The number of benzene rings is 3. The van der Waals surface area contributed by atoms with Crippen LogP contribution in [-0.4, -0.2) is 32.8 Å². The second-order valence-corrected chi connectivity index (χ2v) is 7.90. The average molecular weight is 477 g/mol. The van der Waals surface area contributed by atoms with Crippen LogP contribution >= 0.6 is 0 Å². The standard InChI is InChI=1S/C15H16N2O.C12H16O.2CH2O/c1-12-7-9-14(10-8-12)17-15(18)16-11-13-5-3-2-4-6-13;1-10-4-2-3-5-12(10)11-6-8-13-9-7-11;2*1-2/h2-10H,11H2,1H3,(H2,16,17,18);2-5,11H,6-9H2,1H3;2*1H2. The Bertz CT molecular complexity index is 969. The highest BCUT2D eigenvalue weighted by atomic mass is 16.5. The largest absolute Gasteiger partial charge is 0.381 e. The van der Waals surface area contributed by atoms with Gasteiger partial charge in [0.05, 0.1) is 0 Å². The molecule has 0 bridgehead atoms. The van der Waals surface area contributed by atoms with Gasteiger partial charge in [-0.3, -0.25) is 0 Å². The van der Waals surface area contributed by atoms with E-state index >= 15 is 0 Å². The number of rotatable bonds is 4. The molecule has 0 aromatic heterocycles. The van der Waals surface area contributed by atoms with Crippen molar-refractivity contribution >= 4 is 25.3 Å². The van der Waals surface area contributed by atoms with Crippen LogP contribution in [0.25, 0.3) is 0 Å². The zero-order chi connectivity index (χ0) is 25.9. The van der Waals surface area contributed by atoms with Gasteiger partial charge >= 0.3 is 6.03 Å². The molecule has 1 aliphatic rings. The Hall–Kier alpha value is -3.77. The predicted octanol–water partition coefficient (Wildman–Crippen LogP) is 5.84. The van der Waals surface area contributed by atoms with Gasteiger partial charge in [0.25, 0.3) is 0 Å². The van der Waals surface area contributed by atoms with Crippen LogP contribution in [0.15, 0.2) is 78.9 Å². The van der Waals surface area contributed by atoms with Gasteiger partial charge in [-0.15, -0.1) is 0 Å². The van der Waals surface area contributed by atoms with Gasteiger partial charge < -0.3 is 25.0 Å². The van der Waals surface area contributed by atoms with Crippen LogP contribution in [0, 0.1) is 13.8 Å². The fourth-order valence-electron chi connectivity index (χ4n) is 3.64. The minimum atomic E-state index is -0.192. The Balaban J connectivity index is 0.000000318. The number of amides is 2. The van der Waals surface area contributed by atoms with E-state index in [1.165, 1.54) is 29.5 Å². The molecule has 6 nitrogen and oxygen atoms in total. The van der Waals surface area contributed by atoms with E-state index in [4.69, 9.17) is 14.3 Å². The maximum Gasteiger partial charge on any atom is 0.319 e. The van der Waals surface area contributed by atoms with Crippen molar-refractivity contribution in [3.63, 3.8) is 0 Å². The van der Waals surface area contributed by atoms with E-state index in [9.17, 15) is 4.79 Å². The summed E-state index contributed by atoms with van der Waals surface area (Å²) in [6.07, 6.45) is 2.37. The van der Waals surface area contributed by atoms with E-state index in [1.54, 1.807) is 0 Å². The van der Waals surface area contributed by atoms with Gasteiger partial charge in [-0.05, 0) is 61.4 Å². The molecule has 0 spiro atoms. The summed E-state index contributed by atoms with van der Waals surface area (Å²) < 4.78 is 5.36. The van der Waals surface area contributed by atoms with Crippen molar-refractivity contribution in [2.24, 2.45) is 0 Å². The summed E-state index contributed by atoms with van der Waals surface area (Å²) in [5.74, 6) is 0.731. The molecule has 1 fully saturated rings. The van der Waals surface area contributed by atoms with Gasteiger partial charge in [0.15, 0.2) is 0 Å². The van der Waals surface area contributed by atoms with E-state index in [-0.39, 0.29) is 6.03 Å². The minimum absolute atomic E-state index is 0.192. The summed E-state index contributed by atoms with van der Waals surface area (Å²) >= 11 is 0. The van der Waals surface area contributed by atoms with Gasteiger partial charge in [0.2, 0.25) is 0 Å². The molecule has 1 saturated heterocycles. The molecule has 186 valence electrons. The summed E-state index contributed by atoms with van der Waals surface area (Å²) in [7, 11) is 0. The van der Waals surface area contributed by atoms with E-state index < -0.39 is 0 Å². The second-order valence-electron chi connectivity index (χ2n) is 7.90. The number of nitrogens with one attached hydrogen (secondary N) is 2. The second kappa shape index (κ2) is 17.7. The van der Waals surface area contributed by atoms with Gasteiger partial charge in [-0.25, -0.2) is 4.79 Å². The summed E-state index contributed by atoms with van der Waals surface area (Å²) in [6.45, 7) is 10.6. The monoisotopic (exact) mass is 476 g/mol. The topological polar surface area (TPSA) is 84.5 Å². The number of urea groups is 1. The number of carbonyl (C=O) groups excluding carboxylic acids is 3. The van der Waals surface area contributed by atoms with Crippen LogP contribution in [0.3, 0.4) is 0 Å². The van der Waals surface area contributed by atoms with Crippen molar-refractivity contribution < 1.29 is 19.1 Å². The molecular weight excluding hydrogens is 440 g/mol. The molecule has 0 radical (unpaired) electrons. The molecule has 0 unspecified atom stereocenters. The van der Waals surface area contributed by atoms with E-state index in [2.05, 4.69) is 41.8 Å². The quantitative estimate of drug-likeness (QED) is 0.496. The minimum Gasteiger partial charge on any atom is -0.381 e. The first-order chi connectivity index (χ1) is 17.1. The van der Waals surface area contributed by atoms with Crippen molar-refractivity contribution in [1.82, 2.24) is 5.32 Å². The van der Waals surface area contributed by atoms with Crippen molar-refractivity contribution in [2.45, 2.75) is 39.2 Å². The molecule has 6 heteroatoms. The summed E-state index contributed by atoms with van der Waals surface area (Å²) in [6, 6.07) is 26.0. The molecule has 3 aromatic rings. The van der Waals surface area contributed by atoms with Crippen LogP contribution in [0.4, 0.5) is 10.5 Å². The highest BCUT2D eigenvalue weighted by Crippen LogP contribution is 2.28. The molecule has 0 saturated carbocycles. The van der Waals surface area contributed by atoms with Gasteiger partial charge in [0, 0.05) is 25.4 Å². The van der Waals surface area contributed by atoms with Crippen LogP contribution < -0.4 is 10.6 Å². The maximum absolute atomic E-state index is 11.6. The zero-order valence-corrected chi connectivity index (χ0v) is 20.7. The Morgan fingerprint density at radius 2 is 1.40 bits per heavy atom. The maximum atomic E-state index is 11.6. The molecular formula is C29H36N2O4. The molecule has 1 aliphatic heterocycles. The van der Waals surface area contributed by atoms with Crippen molar-refractivity contribution in [3.05, 3.63) is 101 Å². The first kappa shape index (κ1) is 29.3. The Morgan fingerprint density at radius 3 is 2.00 bits per heavy atom. The Morgan fingerprint density at radius 1 is 0.829 bits per heavy atom. The summed E-state index contributed by atoms with van der Waals surface area (Å²) in [5.41, 5.74) is 5.99. The number of anilines is 1. The number of carbonyl (C=O) groups is 3. The van der Waals surface area contributed by atoms with Crippen LogP contribution in [0.1, 0.15) is 41.0 Å². The molecule has 2 amide bonds. The Kier molecular flexibility index (Phi) is 14.8. The molecule has 35 heavy (non-hydrogen) atoms. The summed E-state index contributed by atoms with van der Waals surface area (Å²) in [4.78, 5) is 27.6. The van der Waals surface area contributed by atoms with E-state index in [0.29, 0.717) is 6.54 Å². The lowest BCUT2D eigenvalue weighted by Gasteiger charge is -2.23. The van der Waals surface area contributed by atoms with E-state index in [1.807, 2.05) is 75.1 Å². The van der Waals surface area contributed by atoms with E-state index in [0.717, 1.165) is 30.4 Å². The lowest BCUT2D eigenvalue weighted by atomic mass is 9.89. The number of aryl methyl sites for hydroxylation is 2. The van der Waals surface area contributed by atoms with Gasteiger partial charge in [-0.2, -0.15) is 0 Å². The van der Waals surface area contributed by atoms with Gasteiger partial charge in [-0.1, -0.05) is 72.3 Å². The van der Waals surface area contributed by atoms with Crippen LogP contribution in [0.5, 0.6) is 0 Å². The fourth-order valence-corrected chi connectivity index (χ4v) is 3.64. The molecule has 0 aliphatic carbocycles. The fraction of sp³-hybridized carbons (Fsp3) is 0.276. The smallest absolute Gasteiger partial charge is 0.319 e. The Labute approximate surface area is 208 Å². The van der Waals surface area contributed by atoms with Gasteiger partial charge in [0.1, 0.15) is 13.6 Å². The third-order valence-electron chi connectivity index (χ3n) is 5.45. The molecule has 3 aromatic carbocycles. The first-order valence-corrected chi connectivity index (χ1v) is 11.5. The average Bonchev–Trinajstić information content (AvgIpc) is 2.93. The highest BCUT2D eigenvalue weighted by molar-refractivity contribution is 5.89. The first-order valence-electron chi connectivity index (χ1n) is 11.5. The van der Waals surface area contributed by atoms with Crippen molar-refractivity contribution in [3.8, 4) is 0 Å². The third-order valence-corrected chi connectivity index (χ3v) is 5.45. The lowest BCUT2D eigenvalue weighted by Crippen LogP contribution is -2.28. The zero-order valence-electron chi connectivity index (χ0n) is 20.7. The molecule has 0 atom stereocenters. The normalized spacial score (nSPS) is 12.3. The third kappa shape index (κ3) is 11.3. The number of hydrogen-bond acceptors (Lipinski definition) is 4. The van der Waals surface area contributed by atoms with Crippen molar-refractivity contribution in [2.75, 3.05) is 18.5 Å². The number of hydrogen-bond donors (Lipinski definition) is 2. The summed E-state index contributed by atoms with van der Waals surface area (Å²) in [5, 5.41) is 5.60. The molecule has 4 rings (SSSR count). The van der Waals surface area contributed by atoms with Crippen LogP contribution in [-0.2, 0) is 20.9 Å². The predicted molar refractivity (Wildman–Crippen MR) is 142 cm³/mol. The SMILES string of the molecule is C=O.C=O.Cc1ccc(NC(=O)NCc2ccccc2)cc1.Cc1ccccc1C1CCOCC1. The highest BCUT2D eigenvalue weighted by Gasteiger charge is 2.16. The lowest BCUT2D eigenvalue weighted by molar-refractivity contribution is -0.0987. The number of ether oxygens (including phenoxy) is 1. The van der Waals surface area contributed by atoms with Crippen LogP contribution in [0.2, 0.25) is 0 Å².